The van der Waals surface area contributed by atoms with Gasteiger partial charge in [-0.25, -0.2) is 0 Å². The van der Waals surface area contributed by atoms with E-state index in [-0.39, 0.29) is 11.8 Å². The van der Waals surface area contributed by atoms with Crippen LogP contribution < -0.4 is 16.0 Å². The summed E-state index contributed by atoms with van der Waals surface area (Å²) in [6.07, 6.45) is -6.77. The normalized spacial score (nSPS) is 14.0. The van der Waals surface area contributed by atoms with Crippen LogP contribution in [0.3, 0.4) is 0 Å². The second kappa shape index (κ2) is 11.4. The Morgan fingerprint density at radius 1 is 0.879 bits per heavy atom. The molecule has 2 atom stereocenters. The maximum absolute atomic E-state index is 13.2. The zero-order valence-electron chi connectivity index (χ0n) is 19.2. The standard InChI is InChI=1S/C19H29F5N4O5/c1-10(15(32)18(20,21)19(22,23)24)26-16(33)11(7-14(31)28(5)6)27-13(30)9-25-12(29)8-17(2,3)4/h10-11H,7-9H2,1-6H3,(H,25,29)(H,26,33)(H,27,30)/t10?,11-/m0/s1. The summed E-state index contributed by atoms with van der Waals surface area (Å²) in [5.74, 6) is -11.7. The molecule has 0 bridgehead atoms. The van der Waals surface area contributed by atoms with Crippen LogP contribution in [-0.2, 0) is 24.0 Å². The summed E-state index contributed by atoms with van der Waals surface area (Å²) in [5, 5.41) is 6.06. The van der Waals surface area contributed by atoms with Gasteiger partial charge in [-0.15, -0.1) is 0 Å². The third-order valence-corrected chi connectivity index (χ3v) is 4.08. The molecule has 0 saturated heterocycles. The molecule has 0 aromatic rings. The van der Waals surface area contributed by atoms with Crippen molar-refractivity contribution >= 4 is 29.4 Å². The summed E-state index contributed by atoms with van der Waals surface area (Å²) >= 11 is 0. The predicted molar refractivity (Wildman–Crippen MR) is 106 cm³/mol. The Bertz CT molecular complexity index is 763. The summed E-state index contributed by atoms with van der Waals surface area (Å²) in [5.41, 5.74) is -0.373. The summed E-state index contributed by atoms with van der Waals surface area (Å²) < 4.78 is 63.7. The van der Waals surface area contributed by atoms with E-state index in [2.05, 4.69) is 10.6 Å². The molecule has 3 N–H and O–H groups in total. The van der Waals surface area contributed by atoms with E-state index in [0.29, 0.717) is 6.92 Å². The fraction of sp³-hybridized carbons (Fsp3) is 0.737. The molecular formula is C19H29F5N4O5. The highest BCUT2D eigenvalue weighted by Crippen LogP contribution is 2.36. The highest BCUT2D eigenvalue weighted by atomic mass is 19.4. The van der Waals surface area contributed by atoms with Crippen molar-refractivity contribution in [2.45, 2.75) is 64.7 Å². The van der Waals surface area contributed by atoms with E-state index < -0.39 is 66.6 Å². The first-order valence-electron chi connectivity index (χ1n) is 9.74. The van der Waals surface area contributed by atoms with Gasteiger partial charge in [0.2, 0.25) is 29.4 Å². The van der Waals surface area contributed by atoms with Crippen molar-refractivity contribution in [1.82, 2.24) is 20.9 Å². The Kier molecular flexibility index (Phi) is 10.4. The van der Waals surface area contributed by atoms with Crippen molar-refractivity contribution in [2.24, 2.45) is 5.41 Å². The molecule has 0 aliphatic carbocycles. The smallest absolute Gasteiger partial charge is 0.349 e. The van der Waals surface area contributed by atoms with E-state index in [0.717, 1.165) is 4.90 Å². The van der Waals surface area contributed by atoms with Crippen molar-refractivity contribution in [1.29, 1.82) is 0 Å². The summed E-state index contributed by atoms with van der Waals surface area (Å²) in [7, 11) is 2.64. The van der Waals surface area contributed by atoms with Gasteiger partial charge in [-0.2, -0.15) is 22.0 Å². The quantitative estimate of drug-likeness (QED) is 0.392. The van der Waals surface area contributed by atoms with Gasteiger partial charge in [-0.3, -0.25) is 24.0 Å². The molecule has 0 fully saturated rings. The fourth-order valence-corrected chi connectivity index (χ4v) is 2.33. The first-order valence-corrected chi connectivity index (χ1v) is 9.74. The maximum Gasteiger partial charge on any atom is 0.461 e. The van der Waals surface area contributed by atoms with Gasteiger partial charge in [-0.05, 0) is 12.3 Å². The topological polar surface area (TPSA) is 125 Å². The van der Waals surface area contributed by atoms with Crippen LogP contribution >= 0.6 is 0 Å². The lowest BCUT2D eigenvalue weighted by atomic mass is 9.92. The lowest BCUT2D eigenvalue weighted by Gasteiger charge is -2.25. The number of ketones is 1. The van der Waals surface area contributed by atoms with Gasteiger partial charge >= 0.3 is 12.1 Å². The number of hydrogen-bond donors (Lipinski definition) is 3. The number of nitrogens with zero attached hydrogens (tertiary/aromatic N) is 1. The van der Waals surface area contributed by atoms with Crippen molar-refractivity contribution in [2.75, 3.05) is 20.6 Å². The number of hydrogen-bond acceptors (Lipinski definition) is 5. The number of carbonyl (C=O) groups is 5. The Labute approximate surface area is 187 Å². The lowest BCUT2D eigenvalue weighted by molar-refractivity contribution is -0.269. The lowest BCUT2D eigenvalue weighted by Crippen LogP contribution is -2.57. The molecule has 0 rings (SSSR count). The number of Topliss-reactive ketones (excluding diaryl/α,β-unsaturated/α-hetero) is 1. The molecule has 14 heteroatoms. The highest BCUT2D eigenvalue weighted by molar-refractivity contribution is 5.97. The van der Waals surface area contributed by atoms with Crippen molar-refractivity contribution in [3.63, 3.8) is 0 Å². The molecule has 4 amide bonds. The molecule has 0 aliphatic heterocycles. The van der Waals surface area contributed by atoms with Crippen molar-refractivity contribution in [3.8, 4) is 0 Å². The zero-order chi connectivity index (χ0) is 26.4. The van der Waals surface area contributed by atoms with E-state index in [1.807, 2.05) is 0 Å². The molecular weight excluding hydrogens is 459 g/mol. The molecule has 190 valence electrons. The van der Waals surface area contributed by atoms with Crippen LogP contribution in [0.2, 0.25) is 0 Å². The minimum Gasteiger partial charge on any atom is -0.349 e. The molecule has 0 spiro atoms. The molecule has 0 aliphatic rings. The molecule has 0 radical (unpaired) electrons. The summed E-state index contributed by atoms with van der Waals surface area (Å²) in [6, 6.07) is -3.99. The molecule has 0 saturated carbocycles. The van der Waals surface area contributed by atoms with Gasteiger partial charge in [-0.1, -0.05) is 20.8 Å². The third kappa shape index (κ3) is 10.1. The Hall–Kier alpha value is -2.80. The molecule has 1 unspecified atom stereocenters. The van der Waals surface area contributed by atoms with E-state index in [4.69, 9.17) is 0 Å². The number of halogens is 5. The molecule has 9 nitrogen and oxygen atoms in total. The van der Waals surface area contributed by atoms with Crippen LogP contribution in [0.1, 0.15) is 40.5 Å². The minimum atomic E-state index is -6.16. The van der Waals surface area contributed by atoms with E-state index in [1.165, 1.54) is 14.1 Å². The number of nitrogens with one attached hydrogen (secondary N) is 3. The monoisotopic (exact) mass is 488 g/mol. The van der Waals surface area contributed by atoms with Crippen LogP contribution in [0.25, 0.3) is 0 Å². The number of rotatable bonds is 10. The molecule has 0 aromatic carbocycles. The summed E-state index contributed by atoms with van der Waals surface area (Å²) in [6.45, 7) is 5.37. The van der Waals surface area contributed by atoms with Gasteiger partial charge in [0.15, 0.2) is 0 Å². The fourth-order valence-electron chi connectivity index (χ4n) is 2.33. The summed E-state index contributed by atoms with van der Waals surface area (Å²) in [4.78, 5) is 60.9. The predicted octanol–water partition coefficient (Wildman–Crippen LogP) is 0.773. The van der Waals surface area contributed by atoms with Crippen molar-refractivity contribution < 1.29 is 45.9 Å². The van der Waals surface area contributed by atoms with Gasteiger partial charge in [0.1, 0.15) is 6.04 Å². The first kappa shape index (κ1) is 30.2. The average Bonchev–Trinajstić information content (AvgIpc) is 2.62. The number of carbonyl (C=O) groups excluding carboxylic acids is 5. The van der Waals surface area contributed by atoms with Gasteiger partial charge < -0.3 is 20.9 Å². The number of amides is 4. The zero-order valence-corrected chi connectivity index (χ0v) is 19.2. The maximum atomic E-state index is 13.2. The van der Waals surface area contributed by atoms with Gasteiger partial charge in [0.05, 0.1) is 19.0 Å². The van der Waals surface area contributed by atoms with E-state index in [1.54, 1.807) is 26.1 Å². The Balaban J connectivity index is 5.32. The Morgan fingerprint density at radius 2 is 1.39 bits per heavy atom. The van der Waals surface area contributed by atoms with E-state index in [9.17, 15) is 45.9 Å². The largest absolute Gasteiger partial charge is 0.461 e. The average molecular weight is 488 g/mol. The Morgan fingerprint density at radius 3 is 1.82 bits per heavy atom. The molecule has 0 aromatic heterocycles. The highest BCUT2D eigenvalue weighted by Gasteiger charge is 2.64. The molecule has 33 heavy (non-hydrogen) atoms. The van der Waals surface area contributed by atoms with E-state index >= 15 is 0 Å². The third-order valence-electron chi connectivity index (χ3n) is 4.08. The van der Waals surface area contributed by atoms with Crippen LogP contribution in [0.5, 0.6) is 0 Å². The van der Waals surface area contributed by atoms with Crippen LogP contribution in [0, 0.1) is 5.41 Å². The minimum absolute atomic E-state index is 0.0797. The van der Waals surface area contributed by atoms with Crippen LogP contribution in [-0.4, -0.2) is 79.1 Å². The first-order chi connectivity index (χ1) is 14.7. The van der Waals surface area contributed by atoms with Gasteiger partial charge in [0, 0.05) is 20.5 Å². The van der Waals surface area contributed by atoms with Crippen molar-refractivity contribution in [3.05, 3.63) is 0 Å². The van der Waals surface area contributed by atoms with Crippen LogP contribution in [0.15, 0.2) is 0 Å². The second-order valence-electron chi connectivity index (χ2n) is 8.79. The SMILES string of the molecule is CC(NC(=O)[C@H](CC(=O)N(C)C)NC(=O)CNC(=O)CC(C)(C)C)C(=O)C(F)(F)C(F)(F)F. The second-order valence-corrected chi connectivity index (χ2v) is 8.79. The van der Waals surface area contributed by atoms with Crippen LogP contribution in [0.4, 0.5) is 22.0 Å². The number of alkyl halides is 5. The van der Waals surface area contributed by atoms with Gasteiger partial charge in [0.25, 0.3) is 0 Å². The molecule has 0 heterocycles.